The lowest BCUT2D eigenvalue weighted by atomic mass is 9.90. The van der Waals surface area contributed by atoms with Gasteiger partial charge in [-0.05, 0) is 30.5 Å². The predicted molar refractivity (Wildman–Crippen MR) is 79.8 cm³/mol. The quantitative estimate of drug-likeness (QED) is 0.748. The molecule has 4 heteroatoms. The number of ether oxygens (including phenoxy) is 2. The number of halogens is 2. The molecule has 20 heavy (non-hydrogen) atoms. The second-order valence-corrected chi connectivity index (χ2v) is 6.46. The van der Waals surface area contributed by atoms with Crippen LogP contribution in [-0.4, -0.2) is 18.3 Å². The highest BCUT2D eigenvalue weighted by Crippen LogP contribution is 2.41. The van der Waals surface area contributed by atoms with Crippen LogP contribution in [0.4, 0.5) is 4.39 Å². The average Bonchev–Trinajstić information content (AvgIpc) is 2.86. The third kappa shape index (κ3) is 3.17. The number of alkyl halides is 1. The van der Waals surface area contributed by atoms with Crippen molar-refractivity contribution in [3.8, 4) is 5.75 Å². The van der Waals surface area contributed by atoms with Gasteiger partial charge in [-0.25, -0.2) is 4.39 Å². The SMILES string of the molecule is Fc1cc(CBr)cc(OC2CCOC3(CCCC3)C2)c1. The van der Waals surface area contributed by atoms with Gasteiger partial charge in [-0.2, -0.15) is 0 Å². The molecule has 1 aromatic carbocycles. The topological polar surface area (TPSA) is 18.5 Å². The Balaban J connectivity index is 1.69. The maximum absolute atomic E-state index is 13.5. The Morgan fingerprint density at radius 2 is 2.10 bits per heavy atom. The first-order valence-corrected chi connectivity index (χ1v) is 8.47. The van der Waals surface area contributed by atoms with E-state index in [0.29, 0.717) is 11.1 Å². The summed E-state index contributed by atoms with van der Waals surface area (Å²) in [6, 6.07) is 4.92. The fraction of sp³-hybridized carbons (Fsp3) is 0.625. The van der Waals surface area contributed by atoms with Crippen LogP contribution in [0.3, 0.4) is 0 Å². The molecule has 1 saturated heterocycles. The first kappa shape index (κ1) is 14.3. The Hall–Kier alpha value is -0.610. The highest BCUT2D eigenvalue weighted by molar-refractivity contribution is 9.08. The van der Waals surface area contributed by atoms with Gasteiger partial charge in [0.15, 0.2) is 0 Å². The van der Waals surface area contributed by atoms with Crippen molar-refractivity contribution in [1.29, 1.82) is 0 Å². The largest absolute Gasteiger partial charge is 0.490 e. The summed E-state index contributed by atoms with van der Waals surface area (Å²) in [6.07, 6.45) is 6.76. The molecule has 1 aromatic rings. The van der Waals surface area contributed by atoms with Gasteiger partial charge in [-0.15, -0.1) is 0 Å². The van der Waals surface area contributed by atoms with Crippen LogP contribution in [0.2, 0.25) is 0 Å². The molecule has 1 atom stereocenters. The first-order valence-electron chi connectivity index (χ1n) is 7.35. The van der Waals surface area contributed by atoms with Crippen LogP contribution >= 0.6 is 15.9 Å². The van der Waals surface area contributed by atoms with Crippen LogP contribution in [0.15, 0.2) is 18.2 Å². The summed E-state index contributed by atoms with van der Waals surface area (Å²) in [5, 5.41) is 0.638. The van der Waals surface area contributed by atoms with Crippen molar-refractivity contribution in [2.75, 3.05) is 6.61 Å². The number of benzene rings is 1. The Kier molecular flexibility index (Phi) is 4.32. The van der Waals surface area contributed by atoms with Gasteiger partial charge in [0.05, 0.1) is 12.2 Å². The van der Waals surface area contributed by atoms with Gasteiger partial charge in [0.2, 0.25) is 0 Å². The molecular weight excluding hydrogens is 323 g/mol. The Labute approximate surface area is 127 Å². The zero-order valence-electron chi connectivity index (χ0n) is 11.5. The third-order valence-corrected chi connectivity index (χ3v) is 5.00. The Bertz CT molecular complexity index is 472. The average molecular weight is 343 g/mol. The smallest absolute Gasteiger partial charge is 0.127 e. The van der Waals surface area contributed by atoms with Crippen molar-refractivity contribution in [3.05, 3.63) is 29.6 Å². The highest BCUT2D eigenvalue weighted by atomic mass is 79.9. The maximum Gasteiger partial charge on any atom is 0.127 e. The van der Waals surface area contributed by atoms with Gasteiger partial charge in [0, 0.05) is 24.2 Å². The Morgan fingerprint density at radius 3 is 2.85 bits per heavy atom. The summed E-state index contributed by atoms with van der Waals surface area (Å²) in [5.74, 6) is 0.402. The van der Waals surface area contributed by atoms with Gasteiger partial charge >= 0.3 is 0 Å². The Morgan fingerprint density at radius 1 is 1.30 bits per heavy atom. The monoisotopic (exact) mass is 342 g/mol. The molecule has 1 aliphatic heterocycles. The van der Waals surface area contributed by atoms with Gasteiger partial charge in [-0.3, -0.25) is 0 Å². The van der Waals surface area contributed by atoms with E-state index >= 15 is 0 Å². The first-order chi connectivity index (χ1) is 9.69. The molecule has 1 aliphatic carbocycles. The van der Waals surface area contributed by atoms with Gasteiger partial charge < -0.3 is 9.47 Å². The van der Waals surface area contributed by atoms with Gasteiger partial charge in [-0.1, -0.05) is 28.8 Å². The summed E-state index contributed by atoms with van der Waals surface area (Å²) >= 11 is 3.36. The van der Waals surface area contributed by atoms with Crippen molar-refractivity contribution in [2.45, 2.75) is 55.6 Å². The second-order valence-electron chi connectivity index (χ2n) is 5.90. The minimum Gasteiger partial charge on any atom is -0.490 e. The van der Waals surface area contributed by atoms with Crippen LogP contribution < -0.4 is 4.74 Å². The third-order valence-electron chi connectivity index (χ3n) is 4.35. The zero-order valence-corrected chi connectivity index (χ0v) is 13.1. The van der Waals surface area contributed by atoms with E-state index in [1.54, 1.807) is 0 Å². The van der Waals surface area contributed by atoms with Crippen molar-refractivity contribution >= 4 is 15.9 Å². The lowest BCUT2D eigenvalue weighted by Gasteiger charge is -2.38. The molecule has 0 bridgehead atoms. The molecule has 0 N–H and O–H groups in total. The van der Waals surface area contributed by atoms with Crippen LogP contribution in [-0.2, 0) is 10.1 Å². The summed E-state index contributed by atoms with van der Waals surface area (Å²) in [5.41, 5.74) is 0.941. The van der Waals surface area contributed by atoms with Crippen molar-refractivity contribution in [1.82, 2.24) is 0 Å². The maximum atomic E-state index is 13.5. The van der Waals surface area contributed by atoms with Crippen LogP contribution in [0, 0.1) is 5.82 Å². The van der Waals surface area contributed by atoms with E-state index in [1.165, 1.54) is 25.0 Å². The lowest BCUT2D eigenvalue weighted by Crippen LogP contribution is -2.41. The molecule has 2 aliphatic rings. The summed E-state index contributed by atoms with van der Waals surface area (Å²) < 4.78 is 25.6. The van der Waals surface area contributed by atoms with E-state index in [4.69, 9.17) is 9.47 Å². The standard InChI is InChI=1S/C16H20BrFO2/c17-11-12-7-13(18)9-15(8-12)20-14-3-6-19-16(10-14)4-1-2-5-16/h7-9,14H,1-6,10-11H2. The van der Waals surface area contributed by atoms with E-state index in [2.05, 4.69) is 15.9 Å². The van der Waals surface area contributed by atoms with Gasteiger partial charge in [0.25, 0.3) is 0 Å². The lowest BCUT2D eigenvalue weighted by molar-refractivity contribution is -0.108. The van der Waals surface area contributed by atoms with E-state index in [0.717, 1.165) is 37.9 Å². The minimum absolute atomic E-state index is 0.0362. The summed E-state index contributed by atoms with van der Waals surface area (Å²) in [6.45, 7) is 0.755. The van der Waals surface area contributed by atoms with Crippen molar-refractivity contribution in [2.24, 2.45) is 0 Å². The van der Waals surface area contributed by atoms with Gasteiger partial charge in [0.1, 0.15) is 17.7 Å². The minimum atomic E-state index is -0.236. The molecule has 2 fully saturated rings. The normalized spacial score (nSPS) is 25.0. The highest BCUT2D eigenvalue weighted by Gasteiger charge is 2.40. The molecule has 3 rings (SSSR count). The van der Waals surface area contributed by atoms with E-state index in [-0.39, 0.29) is 17.5 Å². The molecule has 1 unspecified atom stereocenters. The summed E-state index contributed by atoms with van der Waals surface area (Å²) in [4.78, 5) is 0. The van der Waals surface area contributed by atoms with E-state index in [1.807, 2.05) is 6.07 Å². The number of rotatable bonds is 3. The van der Waals surface area contributed by atoms with Crippen LogP contribution in [0.1, 0.15) is 44.1 Å². The van der Waals surface area contributed by atoms with Crippen LogP contribution in [0.5, 0.6) is 5.75 Å². The molecule has 1 heterocycles. The predicted octanol–water partition coefficient (Wildman–Crippen LogP) is 4.59. The fourth-order valence-electron chi connectivity index (χ4n) is 3.41. The fourth-order valence-corrected chi connectivity index (χ4v) is 3.73. The molecular formula is C16H20BrFO2. The van der Waals surface area contributed by atoms with Crippen molar-refractivity contribution in [3.63, 3.8) is 0 Å². The number of hydrogen-bond acceptors (Lipinski definition) is 2. The van der Waals surface area contributed by atoms with E-state index < -0.39 is 0 Å². The molecule has 1 spiro atoms. The summed E-state index contributed by atoms with van der Waals surface area (Å²) in [7, 11) is 0. The molecule has 1 saturated carbocycles. The van der Waals surface area contributed by atoms with Crippen LogP contribution in [0.25, 0.3) is 0 Å². The van der Waals surface area contributed by atoms with Crippen molar-refractivity contribution < 1.29 is 13.9 Å². The molecule has 110 valence electrons. The molecule has 0 amide bonds. The molecule has 0 radical (unpaired) electrons. The molecule has 0 aromatic heterocycles. The zero-order chi connectivity index (χ0) is 14.0. The molecule has 2 nitrogen and oxygen atoms in total. The van der Waals surface area contributed by atoms with E-state index in [9.17, 15) is 4.39 Å². The second kappa shape index (κ2) is 6.02. The number of hydrogen-bond donors (Lipinski definition) is 0.